The molecular formula is C18H14N4O4. The van der Waals surface area contributed by atoms with E-state index in [4.69, 9.17) is 0 Å². The molecule has 1 aromatic heterocycles. The van der Waals surface area contributed by atoms with Gasteiger partial charge in [0, 0.05) is 6.92 Å². The molecule has 2 aromatic carbocycles. The van der Waals surface area contributed by atoms with E-state index < -0.39 is 4.92 Å². The first kappa shape index (κ1) is 15.9. The summed E-state index contributed by atoms with van der Waals surface area (Å²) in [4.78, 5) is 41.1. The molecule has 0 spiro atoms. The van der Waals surface area contributed by atoms with Gasteiger partial charge in [0.2, 0.25) is 0 Å². The number of benzene rings is 2. The zero-order valence-corrected chi connectivity index (χ0v) is 13.9. The first-order valence-corrected chi connectivity index (χ1v) is 8.03. The van der Waals surface area contributed by atoms with Gasteiger partial charge < -0.3 is 10.1 Å². The highest BCUT2D eigenvalue weighted by molar-refractivity contribution is 6.26. The summed E-state index contributed by atoms with van der Waals surface area (Å²) in [6.45, 7) is 1.80. The van der Waals surface area contributed by atoms with Crippen molar-refractivity contribution < 1.29 is 14.5 Å². The lowest BCUT2D eigenvalue weighted by Crippen LogP contribution is -2.33. The number of nitrogens with zero attached hydrogens (tertiary/aromatic N) is 4. The van der Waals surface area contributed by atoms with E-state index in [-0.39, 0.29) is 30.7 Å². The lowest BCUT2D eigenvalue weighted by atomic mass is 10.0. The number of amides is 2. The van der Waals surface area contributed by atoms with Gasteiger partial charge in [-0.3, -0.25) is 14.5 Å². The van der Waals surface area contributed by atoms with Gasteiger partial charge in [-0.2, -0.15) is 0 Å². The normalized spacial score (nSPS) is 13.5. The van der Waals surface area contributed by atoms with Crippen LogP contribution in [0, 0.1) is 17.0 Å². The minimum Gasteiger partial charge on any atom is -0.358 e. The van der Waals surface area contributed by atoms with Crippen molar-refractivity contribution in [3.05, 3.63) is 69.7 Å². The van der Waals surface area contributed by atoms with Crippen LogP contribution in [0.3, 0.4) is 0 Å². The Kier molecular flexibility index (Phi) is 3.54. The molecule has 0 saturated heterocycles. The Balaban J connectivity index is 1.66. The highest BCUT2D eigenvalue weighted by Gasteiger charge is 2.37. The molecule has 0 radical (unpaired) electrons. The zero-order valence-electron chi connectivity index (χ0n) is 13.9. The fourth-order valence-electron chi connectivity index (χ4n) is 3.33. The Morgan fingerprint density at radius 3 is 2.62 bits per heavy atom. The number of nitro groups is 1. The summed E-state index contributed by atoms with van der Waals surface area (Å²) >= 11 is 0. The third-order valence-corrected chi connectivity index (χ3v) is 4.63. The molecule has 8 heteroatoms. The number of hydrogen-bond acceptors (Lipinski definition) is 5. The third kappa shape index (κ3) is 2.26. The molecule has 0 atom stereocenters. The van der Waals surface area contributed by atoms with E-state index >= 15 is 0 Å². The fraction of sp³-hybridized carbons (Fsp3) is 0.167. The van der Waals surface area contributed by atoms with Crippen molar-refractivity contribution in [2.75, 3.05) is 6.54 Å². The number of rotatable bonds is 4. The second kappa shape index (κ2) is 5.76. The molecule has 0 unspecified atom stereocenters. The standard InChI is InChI=1S/C18H14N4O4/c1-11-19-10-15(22(25)26)20(11)8-9-21-17(23)14-7-6-12-4-2-3-5-13(12)16(14)18(21)24/h2-7,10H,8-9H2,1H3. The Hall–Kier alpha value is -3.55. The summed E-state index contributed by atoms with van der Waals surface area (Å²) in [7, 11) is 0. The van der Waals surface area contributed by atoms with Crippen molar-refractivity contribution in [3.63, 3.8) is 0 Å². The Bertz CT molecular complexity index is 1090. The number of carbonyl (C=O) groups is 2. The molecule has 0 bridgehead atoms. The molecule has 3 aromatic rings. The van der Waals surface area contributed by atoms with Gasteiger partial charge in [-0.05, 0) is 21.8 Å². The molecule has 1 aliphatic rings. The maximum Gasteiger partial charge on any atom is 0.342 e. The van der Waals surface area contributed by atoms with Crippen LogP contribution < -0.4 is 0 Å². The van der Waals surface area contributed by atoms with Crippen molar-refractivity contribution >= 4 is 28.4 Å². The predicted octanol–water partition coefficient (Wildman–Crippen LogP) is 2.55. The lowest BCUT2D eigenvalue weighted by molar-refractivity contribution is -0.392. The van der Waals surface area contributed by atoms with Crippen LogP contribution in [0.5, 0.6) is 0 Å². The van der Waals surface area contributed by atoms with Crippen molar-refractivity contribution in [1.29, 1.82) is 0 Å². The van der Waals surface area contributed by atoms with E-state index in [9.17, 15) is 19.7 Å². The quantitative estimate of drug-likeness (QED) is 0.409. The van der Waals surface area contributed by atoms with Crippen LogP contribution in [0.25, 0.3) is 10.8 Å². The smallest absolute Gasteiger partial charge is 0.342 e. The average molecular weight is 350 g/mol. The van der Waals surface area contributed by atoms with Gasteiger partial charge >= 0.3 is 5.82 Å². The maximum atomic E-state index is 12.8. The Morgan fingerprint density at radius 1 is 1.08 bits per heavy atom. The Morgan fingerprint density at radius 2 is 1.85 bits per heavy atom. The van der Waals surface area contributed by atoms with E-state index in [1.54, 1.807) is 13.0 Å². The molecule has 130 valence electrons. The molecule has 0 aliphatic carbocycles. The first-order valence-electron chi connectivity index (χ1n) is 8.03. The van der Waals surface area contributed by atoms with Gasteiger partial charge in [0.25, 0.3) is 11.8 Å². The lowest BCUT2D eigenvalue weighted by Gasteiger charge is -2.13. The van der Waals surface area contributed by atoms with Gasteiger partial charge in [-0.1, -0.05) is 30.3 Å². The third-order valence-electron chi connectivity index (χ3n) is 4.63. The number of aryl methyl sites for hydroxylation is 1. The van der Waals surface area contributed by atoms with Crippen molar-refractivity contribution in [2.45, 2.75) is 13.5 Å². The predicted molar refractivity (Wildman–Crippen MR) is 92.9 cm³/mol. The molecule has 2 amide bonds. The highest BCUT2D eigenvalue weighted by atomic mass is 16.6. The summed E-state index contributed by atoms with van der Waals surface area (Å²) in [6, 6.07) is 10.9. The largest absolute Gasteiger partial charge is 0.358 e. The van der Waals surface area contributed by atoms with Crippen molar-refractivity contribution in [1.82, 2.24) is 14.5 Å². The first-order chi connectivity index (χ1) is 12.5. The van der Waals surface area contributed by atoms with Gasteiger partial charge in [-0.25, -0.2) is 9.55 Å². The van der Waals surface area contributed by atoms with Gasteiger partial charge in [-0.15, -0.1) is 0 Å². The van der Waals surface area contributed by atoms with Crippen molar-refractivity contribution in [2.24, 2.45) is 0 Å². The molecule has 1 aliphatic heterocycles. The van der Waals surface area contributed by atoms with Gasteiger partial charge in [0.05, 0.1) is 17.7 Å². The van der Waals surface area contributed by atoms with Gasteiger partial charge in [0.15, 0.2) is 5.82 Å². The molecule has 0 N–H and O–H groups in total. The number of imide groups is 1. The summed E-state index contributed by atoms with van der Waals surface area (Å²) in [5.41, 5.74) is 0.760. The maximum absolute atomic E-state index is 12.8. The second-order valence-electron chi connectivity index (χ2n) is 6.04. The number of hydrogen-bond donors (Lipinski definition) is 0. The second-order valence-corrected chi connectivity index (χ2v) is 6.04. The number of carbonyl (C=O) groups excluding carboxylic acids is 2. The van der Waals surface area contributed by atoms with Crippen LogP contribution in [0.4, 0.5) is 5.82 Å². The van der Waals surface area contributed by atoms with Crippen LogP contribution in [-0.4, -0.2) is 37.7 Å². The number of fused-ring (bicyclic) bond motifs is 3. The van der Waals surface area contributed by atoms with E-state index in [2.05, 4.69) is 4.98 Å². The summed E-state index contributed by atoms with van der Waals surface area (Å²) in [6.07, 6.45) is 1.17. The minimum atomic E-state index is -0.532. The SMILES string of the molecule is Cc1ncc([N+](=O)[O-])n1CCN1C(=O)c2ccc3ccccc3c2C1=O. The number of imidazole rings is 1. The van der Waals surface area contributed by atoms with Crippen LogP contribution in [0.15, 0.2) is 42.6 Å². The average Bonchev–Trinajstić information content (AvgIpc) is 3.12. The Labute approximate surface area is 147 Å². The molecule has 2 heterocycles. The van der Waals surface area contributed by atoms with Crippen LogP contribution in [0.2, 0.25) is 0 Å². The van der Waals surface area contributed by atoms with E-state index in [0.717, 1.165) is 15.7 Å². The van der Waals surface area contributed by atoms with Crippen LogP contribution in [0.1, 0.15) is 26.5 Å². The monoisotopic (exact) mass is 350 g/mol. The fourth-order valence-corrected chi connectivity index (χ4v) is 3.33. The summed E-state index contributed by atoms with van der Waals surface area (Å²) in [5, 5.41) is 12.7. The minimum absolute atomic E-state index is 0.0404. The van der Waals surface area contributed by atoms with Crippen LogP contribution in [-0.2, 0) is 6.54 Å². The molecule has 0 saturated carbocycles. The topological polar surface area (TPSA) is 98.3 Å². The van der Waals surface area contributed by atoms with Gasteiger partial charge in [0.1, 0.15) is 12.7 Å². The molecule has 4 rings (SSSR count). The van der Waals surface area contributed by atoms with Crippen molar-refractivity contribution in [3.8, 4) is 0 Å². The van der Waals surface area contributed by atoms with E-state index in [1.807, 2.05) is 30.3 Å². The summed E-state index contributed by atoms with van der Waals surface area (Å²) < 4.78 is 1.39. The van der Waals surface area contributed by atoms with E-state index in [1.165, 1.54) is 10.8 Å². The molecule has 0 fully saturated rings. The summed E-state index contributed by atoms with van der Waals surface area (Å²) in [5.74, 6) is -0.457. The van der Waals surface area contributed by atoms with E-state index in [0.29, 0.717) is 17.0 Å². The number of aromatic nitrogens is 2. The zero-order chi connectivity index (χ0) is 18.4. The molecule has 8 nitrogen and oxygen atoms in total. The highest BCUT2D eigenvalue weighted by Crippen LogP contribution is 2.30. The van der Waals surface area contributed by atoms with Crippen LogP contribution >= 0.6 is 0 Å². The molecule has 26 heavy (non-hydrogen) atoms. The molecular weight excluding hydrogens is 336 g/mol.